The molecule has 1 saturated heterocycles. The first kappa shape index (κ1) is 25.1. The van der Waals surface area contributed by atoms with Gasteiger partial charge in [0.25, 0.3) is 5.56 Å². The first-order valence-electron chi connectivity index (χ1n) is 13.8. The van der Waals surface area contributed by atoms with Gasteiger partial charge in [-0.25, -0.2) is 4.68 Å². The number of rotatable bonds is 6. The highest BCUT2D eigenvalue weighted by atomic mass is 35.5. The first-order valence-corrected chi connectivity index (χ1v) is 14.2. The molecule has 8 nitrogen and oxygen atoms in total. The molecule has 1 aliphatic heterocycles. The molecular formula is C29H34ClN7O. The number of halogens is 1. The molecule has 0 bridgehead atoms. The molecule has 0 unspecified atom stereocenters. The van der Waals surface area contributed by atoms with Crippen LogP contribution in [-0.4, -0.2) is 56.3 Å². The molecular weight excluding hydrogens is 498 g/mol. The zero-order valence-corrected chi connectivity index (χ0v) is 22.6. The molecule has 2 aromatic heterocycles. The van der Waals surface area contributed by atoms with E-state index in [1.165, 1.54) is 24.8 Å². The van der Waals surface area contributed by atoms with E-state index in [2.05, 4.69) is 61.5 Å². The van der Waals surface area contributed by atoms with Crippen molar-refractivity contribution in [3.05, 3.63) is 80.9 Å². The van der Waals surface area contributed by atoms with Crippen molar-refractivity contribution in [1.29, 1.82) is 0 Å². The molecule has 0 radical (unpaired) electrons. The van der Waals surface area contributed by atoms with Crippen molar-refractivity contribution in [2.45, 2.75) is 57.5 Å². The van der Waals surface area contributed by atoms with Crippen molar-refractivity contribution in [2.24, 2.45) is 0 Å². The van der Waals surface area contributed by atoms with Crippen molar-refractivity contribution in [2.75, 3.05) is 31.1 Å². The van der Waals surface area contributed by atoms with Gasteiger partial charge in [-0.05, 0) is 77.0 Å². The molecule has 2 aromatic carbocycles. The van der Waals surface area contributed by atoms with Crippen molar-refractivity contribution >= 4 is 28.2 Å². The van der Waals surface area contributed by atoms with Gasteiger partial charge in [-0.1, -0.05) is 49.9 Å². The Labute approximate surface area is 227 Å². The van der Waals surface area contributed by atoms with Gasteiger partial charge in [0.05, 0.1) is 6.04 Å². The van der Waals surface area contributed by atoms with E-state index in [1.54, 1.807) is 0 Å². The average Bonchev–Trinajstić information content (AvgIpc) is 3.43. The molecule has 198 valence electrons. The van der Waals surface area contributed by atoms with E-state index in [1.807, 2.05) is 28.9 Å². The van der Waals surface area contributed by atoms with Crippen LogP contribution in [0.2, 0.25) is 5.02 Å². The van der Waals surface area contributed by atoms with Crippen LogP contribution in [0.25, 0.3) is 10.9 Å². The maximum absolute atomic E-state index is 13.6. The fourth-order valence-corrected chi connectivity index (χ4v) is 6.26. The summed E-state index contributed by atoms with van der Waals surface area (Å²) in [7, 11) is 0. The lowest BCUT2D eigenvalue weighted by Gasteiger charge is -2.40. The number of piperazine rings is 1. The van der Waals surface area contributed by atoms with Crippen molar-refractivity contribution in [3.8, 4) is 0 Å². The number of H-pyrrole nitrogens is 1. The van der Waals surface area contributed by atoms with Crippen LogP contribution in [0.1, 0.15) is 68.1 Å². The quantitative estimate of drug-likeness (QED) is 0.370. The molecule has 38 heavy (non-hydrogen) atoms. The number of pyridine rings is 1. The van der Waals surface area contributed by atoms with Crippen LogP contribution in [0.5, 0.6) is 0 Å². The number of aromatic amines is 1. The highest BCUT2D eigenvalue weighted by molar-refractivity contribution is 6.30. The third-order valence-corrected chi connectivity index (χ3v) is 8.41. The average molecular weight is 532 g/mol. The minimum atomic E-state index is -0.327. The van der Waals surface area contributed by atoms with E-state index < -0.39 is 0 Å². The number of nitrogens with zero attached hydrogens (tertiary/aromatic N) is 6. The predicted molar refractivity (Wildman–Crippen MR) is 151 cm³/mol. The van der Waals surface area contributed by atoms with Crippen LogP contribution in [0.4, 0.5) is 5.69 Å². The summed E-state index contributed by atoms with van der Waals surface area (Å²) in [5.41, 5.74) is 3.84. The lowest BCUT2D eigenvalue weighted by atomic mass is 9.95. The zero-order chi connectivity index (χ0) is 26.1. The molecule has 6 rings (SSSR count). The summed E-state index contributed by atoms with van der Waals surface area (Å²) in [6.45, 7) is 5.36. The number of anilines is 1. The summed E-state index contributed by atoms with van der Waals surface area (Å²) < 4.78 is 2.01. The summed E-state index contributed by atoms with van der Waals surface area (Å²) in [6, 6.07) is 16.3. The Balaban J connectivity index is 1.39. The van der Waals surface area contributed by atoms with Crippen LogP contribution < -0.4 is 10.5 Å². The third kappa shape index (κ3) is 4.95. The molecule has 3 heterocycles. The summed E-state index contributed by atoms with van der Waals surface area (Å²) in [4.78, 5) is 21.5. The van der Waals surface area contributed by atoms with Gasteiger partial charge in [0, 0.05) is 48.0 Å². The van der Waals surface area contributed by atoms with Crippen molar-refractivity contribution < 1.29 is 0 Å². The Morgan fingerprint density at radius 1 is 1.03 bits per heavy atom. The maximum Gasteiger partial charge on any atom is 0.253 e. The number of nitrogens with one attached hydrogen (secondary N) is 1. The van der Waals surface area contributed by atoms with E-state index in [4.69, 9.17) is 11.6 Å². The number of fused-ring (bicyclic) bond motifs is 1. The maximum atomic E-state index is 13.6. The smallest absolute Gasteiger partial charge is 0.253 e. The van der Waals surface area contributed by atoms with Crippen LogP contribution in [0, 0.1) is 0 Å². The van der Waals surface area contributed by atoms with E-state index in [0.717, 1.165) is 72.9 Å². The number of aromatic nitrogens is 5. The predicted octanol–water partition coefficient (Wildman–Crippen LogP) is 5.15. The molecule has 2 aliphatic rings. The van der Waals surface area contributed by atoms with Gasteiger partial charge in [0.1, 0.15) is 6.04 Å². The van der Waals surface area contributed by atoms with Gasteiger partial charge in [0.2, 0.25) is 0 Å². The Morgan fingerprint density at radius 2 is 1.84 bits per heavy atom. The minimum absolute atomic E-state index is 0.0813. The number of hydrogen-bond acceptors (Lipinski definition) is 6. The van der Waals surface area contributed by atoms with E-state index in [0.29, 0.717) is 5.56 Å². The second-order valence-corrected chi connectivity index (χ2v) is 10.9. The number of benzene rings is 2. The number of aryl methyl sites for hydroxylation is 1. The van der Waals surface area contributed by atoms with Gasteiger partial charge in [0.15, 0.2) is 5.82 Å². The standard InChI is InChI=1S/C29H34ClN7O/c1-2-20-11-12-26-21(17-20)18-25(29(38)31-26)27(28-32-33-34-37(28)23-8-4-3-5-9-23)36-15-13-35(14-16-36)24-10-6-7-22(30)19-24/h6-7,10-12,17-19,23,27H,2-5,8-9,13-16H2,1H3,(H,31,38)/t27-/m0/s1. The monoisotopic (exact) mass is 531 g/mol. The normalized spacial score (nSPS) is 18.2. The van der Waals surface area contributed by atoms with Crippen molar-refractivity contribution in [3.63, 3.8) is 0 Å². The zero-order valence-electron chi connectivity index (χ0n) is 21.8. The Hall–Kier alpha value is -3.23. The van der Waals surface area contributed by atoms with E-state index in [-0.39, 0.29) is 17.6 Å². The number of hydrogen-bond donors (Lipinski definition) is 1. The lowest BCUT2D eigenvalue weighted by Crippen LogP contribution is -2.49. The lowest BCUT2D eigenvalue weighted by molar-refractivity contribution is 0.192. The summed E-state index contributed by atoms with van der Waals surface area (Å²) >= 11 is 6.27. The van der Waals surface area contributed by atoms with E-state index in [9.17, 15) is 4.79 Å². The second-order valence-electron chi connectivity index (χ2n) is 10.5. The van der Waals surface area contributed by atoms with Gasteiger partial charge in [-0.3, -0.25) is 9.69 Å². The first-order chi connectivity index (χ1) is 18.6. The summed E-state index contributed by atoms with van der Waals surface area (Å²) in [5.74, 6) is 0.768. The largest absolute Gasteiger partial charge is 0.369 e. The van der Waals surface area contributed by atoms with Gasteiger partial charge < -0.3 is 9.88 Å². The molecule has 2 fully saturated rings. The van der Waals surface area contributed by atoms with Crippen LogP contribution >= 0.6 is 11.6 Å². The Morgan fingerprint density at radius 3 is 2.61 bits per heavy atom. The van der Waals surface area contributed by atoms with Crippen LogP contribution in [0.15, 0.2) is 53.3 Å². The molecule has 1 N–H and O–H groups in total. The van der Waals surface area contributed by atoms with Gasteiger partial charge in [-0.15, -0.1) is 5.10 Å². The SMILES string of the molecule is CCc1ccc2[nH]c(=O)c([C@@H](c3nnnn3C3CCCCC3)N3CCN(c4cccc(Cl)c4)CC3)cc2c1. The Kier molecular flexibility index (Phi) is 7.17. The van der Waals surface area contributed by atoms with Gasteiger partial charge in [-0.2, -0.15) is 0 Å². The molecule has 0 spiro atoms. The molecule has 0 amide bonds. The van der Waals surface area contributed by atoms with Crippen molar-refractivity contribution in [1.82, 2.24) is 30.1 Å². The van der Waals surface area contributed by atoms with Crippen LogP contribution in [-0.2, 0) is 6.42 Å². The number of tetrazole rings is 1. The van der Waals surface area contributed by atoms with Gasteiger partial charge >= 0.3 is 0 Å². The second kappa shape index (κ2) is 10.9. The third-order valence-electron chi connectivity index (χ3n) is 8.18. The molecule has 1 aliphatic carbocycles. The highest BCUT2D eigenvalue weighted by Crippen LogP contribution is 2.34. The molecule has 1 saturated carbocycles. The molecule has 4 aromatic rings. The molecule has 1 atom stereocenters. The van der Waals surface area contributed by atoms with E-state index >= 15 is 0 Å². The molecule has 9 heteroatoms. The fourth-order valence-electron chi connectivity index (χ4n) is 6.07. The van der Waals surface area contributed by atoms with Crippen LogP contribution in [0.3, 0.4) is 0 Å². The topological polar surface area (TPSA) is 82.9 Å². The highest BCUT2D eigenvalue weighted by Gasteiger charge is 2.34. The summed E-state index contributed by atoms with van der Waals surface area (Å²) in [5, 5.41) is 14.9. The minimum Gasteiger partial charge on any atom is -0.369 e. The summed E-state index contributed by atoms with van der Waals surface area (Å²) in [6.07, 6.45) is 6.71. The Bertz CT molecular complexity index is 1470. The fraction of sp³-hybridized carbons (Fsp3) is 0.448.